The zero-order valence-corrected chi connectivity index (χ0v) is 32.0. The third kappa shape index (κ3) is 5.74. The number of fused-ring (bicyclic) bond motifs is 5. The average Bonchev–Trinajstić information content (AvgIpc) is 3.20. The topological polar surface area (TPSA) is 18.5 Å². The Bertz CT molecular complexity index is 3190. The van der Waals surface area contributed by atoms with Crippen LogP contribution in [-0.4, -0.2) is 0 Å². The fraction of sp³-hybridized carbons (Fsp3) is 0.0741. The van der Waals surface area contributed by atoms with Gasteiger partial charge in [-0.25, -0.2) is 0 Å². The van der Waals surface area contributed by atoms with Crippen molar-refractivity contribution in [2.45, 2.75) is 27.7 Å². The van der Waals surface area contributed by atoms with Crippen LogP contribution >= 0.6 is 0 Å². The van der Waals surface area contributed by atoms with Crippen LogP contribution in [0.25, 0.3) is 76.1 Å². The zero-order valence-electron chi connectivity index (χ0n) is 32.0. The first-order valence-corrected chi connectivity index (χ1v) is 19.3. The Hall–Kier alpha value is -6.90. The zero-order chi connectivity index (χ0) is 37.9. The van der Waals surface area contributed by atoms with Gasteiger partial charge in [0.05, 0.1) is 0 Å². The fourth-order valence-electron chi connectivity index (χ4n) is 8.64. The average molecular weight is 721 g/mol. The third-order valence-electron chi connectivity index (χ3n) is 11.3. The van der Waals surface area contributed by atoms with Gasteiger partial charge >= 0.3 is 0 Å². The molecule has 2 nitrogen and oxygen atoms in total. The molecule has 2 heteroatoms. The van der Waals surface area contributed by atoms with Gasteiger partial charge in [-0.2, -0.15) is 0 Å². The van der Waals surface area contributed by atoms with Crippen LogP contribution in [0, 0.1) is 27.7 Å². The van der Waals surface area contributed by atoms with E-state index in [0.29, 0.717) is 0 Å². The second-order valence-electron chi connectivity index (χ2n) is 15.1. The van der Waals surface area contributed by atoms with Crippen LogP contribution < -0.4 is 9.47 Å². The molecule has 0 spiro atoms. The van der Waals surface area contributed by atoms with Crippen LogP contribution in [0.1, 0.15) is 22.3 Å². The van der Waals surface area contributed by atoms with Crippen LogP contribution in [0.5, 0.6) is 23.0 Å². The van der Waals surface area contributed by atoms with Crippen molar-refractivity contribution in [2.24, 2.45) is 0 Å². The van der Waals surface area contributed by atoms with Crippen LogP contribution in [0.4, 0.5) is 0 Å². The fourth-order valence-corrected chi connectivity index (χ4v) is 8.64. The van der Waals surface area contributed by atoms with E-state index in [1.54, 1.807) is 0 Å². The quantitative estimate of drug-likeness (QED) is 0.170. The molecule has 10 aromatic carbocycles. The van der Waals surface area contributed by atoms with Gasteiger partial charge in [0.15, 0.2) is 0 Å². The molecular weight excluding hydrogens is 681 g/mol. The normalized spacial score (nSPS) is 11.6. The lowest BCUT2D eigenvalue weighted by Gasteiger charge is -2.17. The molecule has 0 saturated carbocycles. The molecule has 0 aliphatic rings. The van der Waals surface area contributed by atoms with Gasteiger partial charge in [0.1, 0.15) is 23.0 Å². The minimum Gasteiger partial charge on any atom is -0.457 e. The van der Waals surface area contributed by atoms with Crippen LogP contribution in [0.2, 0.25) is 0 Å². The number of rotatable bonds is 6. The van der Waals surface area contributed by atoms with E-state index in [1.807, 2.05) is 12.1 Å². The van der Waals surface area contributed by atoms with Crippen molar-refractivity contribution in [1.29, 1.82) is 0 Å². The van der Waals surface area contributed by atoms with Crippen molar-refractivity contribution in [3.05, 3.63) is 192 Å². The van der Waals surface area contributed by atoms with Gasteiger partial charge in [-0.1, -0.05) is 145 Å². The Labute approximate surface area is 327 Å². The molecule has 0 heterocycles. The highest BCUT2D eigenvalue weighted by atomic mass is 16.5. The largest absolute Gasteiger partial charge is 0.457 e. The van der Waals surface area contributed by atoms with Gasteiger partial charge < -0.3 is 9.47 Å². The molecule has 0 unspecified atom stereocenters. The molecule has 268 valence electrons. The maximum absolute atomic E-state index is 6.82. The molecule has 0 N–H and O–H groups in total. The van der Waals surface area contributed by atoms with Crippen molar-refractivity contribution in [1.82, 2.24) is 0 Å². The lowest BCUT2D eigenvalue weighted by Crippen LogP contribution is -1.92. The van der Waals surface area contributed by atoms with Gasteiger partial charge in [-0.05, 0) is 135 Å². The summed E-state index contributed by atoms with van der Waals surface area (Å²) in [7, 11) is 0. The molecule has 0 aromatic heterocycles. The summed E-state index contributed by atoms with van der Waals surface area (Å²) >= 11 is 0. The summed E-state index contributed by atoms with van der Waals surface area (Å²) in [5.74, 6) is 3.24. The van der Waals surface area contributed by atoms with E-state index >= 15 is 0 Å². The molecule has 0 aliphatic carbocycles. The van der Waals surface area contributed by atoms with Crippen molar-refractivity contribution < 1.29 is 9.47 Å². The van der Waals surface area contributed by atoms with Gasteiger partial charge in [-0.3, -0.25) is 0 Å². The number of hydrogen-bond donors (Lipinski definition) is 0. The second kappa shape index (κ2) is 13.4. The lowest BCUT2D eigenvalue weighted by atomic mass is 9.90. The number of ether oxygens (including phenoxy) is 2. The Morgan fingerprint density at radius 2 is 0.732 bits per heavy atom. The summed E-state index contributed by atoms with van der Waals surface area (Å²) in [6.07, 6.45) is 0. The Kier molecular flexibility index (Phi) is 8.08. The molecule has 0 saturated heterocycles. The summed E-state index contributed by atoms with van der Waals surface area (Å²) in [6, 6.07) is 60.6. The number of hydrogen-bond acceptors (Lipinski definition) is 2. The molecule has 10 rings (SSSR count). The first-order chi connectivity index (χ1) is 27.4. The molecule has 0 amide bonds. The lowest BCUT2D eigenvalue weighted by molar-refractivity contribution is 0.488. The van der Waals surface area contributed by atoms with E-state index in [1.165, 1.54) is 76.8 Å². The van der Waals surface area contributed by atoms with E-state index in [9.17, 15) is 0 Å². The minimum atomic E-state index is 0.778. The van der Waals surface area contributed by atoms with Gasteiger partial charge in [-0.15, -0.1) is 0 Å². The van der Waals surface area contributed by atoms with Gasteiger partial charge in [0, 0.05) is 16.2 Å². The van der Waals surface area contributed by atoms with Crippen LogP contribution in [-0.2, 0) is 0 Å². The Morgan fingerprint density at radius 3 is 1.29 bits per heavy atom. The van der Waals surface area contributed by atoms with E-state index in [0.717, 1.165) is 44.5 Å². The van der Waals surface area contributed by atoms with Crippen molar-refractivity contribution in [2.75, 3.05) is 0 Å². The van der Waals surface area contributed by atoms with Gasteiger partial charge in [0.25, 0.3) is 0 Å². The Balaban J connectivity index is 1.00. The van der Waals surface area contributed by atoms with Crippen LogP contribution in [0.3, 0.4) is 0 Å². The van der Waals surface area contributed by atoms with Crippen molar-refractivity contribution >= 4 is 53.9 Å². The maximum Gasteiger partial charge on any atom is 0.135 e. The summed E-state index contributed by atoms with van der Waals surface area (Å²) in [6.45, 7) is 8.69. The second-order valence-corrected chi connectivity index (χ2v) is 15.1. The molecule has 10 aromatic rings. The minimum absolute atomic E-state index is 0.778. The predicted molar refractivity (Wildman–Crippen MR) is 237 cm³/mol. The van der Waals surface area contributed by atoms with Crippen LogP contribution in [0.15, 0.2) is 170 Å². The predicted octanol–water partition coefficient (Wildman–Crippen LogP) is 15.6. The van der Waals surface area contributed by atoms with Crippen molar-refractivity contribution in [3.8, 4) is 45.3 Å². The first-order valence-electron chi connectivity index (χ1n) is 19.3. The Morgan fingerprint density at radius 1 is 0.304 bits per heavy atom. The number of benzene rings is 10. The highest BCUT2D eigenvalue weighted by Gasteiger charge is 2.17. The summed E-state index contributed by atoms with van der Waals surface area (Å²) < 4.78 is 13.5. The monoisotopic (exact) mass is 720 g/mol. The molecule has 0 fully saturated rings. The maximum atomic E-state index is 6.82. The molecule has 56 heavy (non-hydrogen) atoms. The molecule has 0 atom stereocenters. The van der Waals surface area contributed by atoms with E-state index in [-0.39, 0.29) is 0 Å². The standard InChI is InChI=1S/C54H40O2/c1-33-20-25-41-37(30-33)10-5-13-46(41)53-35(3)22-27-44-48(53)15-8-18-51(44)55-40-24-29-43-39(32-40)12-7-17-50(43)56-52-19-9-16-49-45(52)28-23-36(4)54(49)47-14-6-11-38-31-34(2)21-26-42(38)47/h5-32H,1-4H3. The SMILES string of the molecule is Cc1ccc2c(-c3c(C)ccc4c(Oc5ccc6c(Oc7cccc8c(-c9cccc%10cc(C)ccc9%10)c(C)ccc78)cccc6c5)cccc34)cccc2c1. The molecular formula is C54H40O2. The third-order valence-corrected chi connectivity index (χ3v) is 11.3. The van der Waals surface area contributed by atoms with Crippen molar-refractivity contribution in [3.63, 3.8) is 0 Å². The van der Waals surface area contributed by atoms with Gasteiger partial charge in [0.2, 0.25) is 0 Å². The van der Waals surface area contributed by atoms with E-state index in [2.05, 4.69) is 185 Å². The molecule has 0 aliphatic heterocycles. The highest BCUT2D eigenvalue weighted by Crippen LogP contribution is 2.43. The van der Waals surface area contributed by atoms with E-state index in [4.69, 9.17) is 9.47 Å². The molecule has 0 bridgehead atoms. The number of aryl methyl sites for hydroxylation is 4. The first kappa shape index (κ1) is 33.7. The highest BCUT2D eigenvalue weighted by molar-refractivity contribution is 6.09. The smallest absolute Gasteiger partial charge is 0.135 e. The summed E-state index contributed by atoms with van der Waals surface area (Å²) in [4.78, 5) is 0. The summed E-state index contributed by atoms with van der Waals surface area (Å²) in [5, 5.41) is 11.6. The summed E-state index contributed by atoms with van der Waals surface area (Å²) in [5.41, 5.74) is 9.96. The molecule has 0 radical (unpaired) electrons. The van der Waals surface area contributed by atoms with E-state index < -0.39 is 0 Å².